The van der Waals surface area contributed by atoms with Gasteiger partial charge in [-0.3, -0.25) is 9.78 Å². The molecule has 2 aromatic heterocycles. The standard InChI is InChI=1S/C23H29N5O3S/c1-17-8-13-28(14-9-17)23(29)20(10-15-27-12-3-6-22(27)24)26-32(30,31)21-5-2-4-18-16-25-11-7-19(18)21/h2-7,11-12,16-17,20,26H,8-10,13-15,24H2,1H3. The number of aromatic nitrogens is 2. The van der Waals surface area contributed by atoms with Crippen LogP contribution in [0, 0.1) is 5.92 Å². The van der Waals surface area contributed by atoms with E-state index in [1.807, 2.05) is 22.9 Å². The molecule has 1 fully saturated rings. The third-order valence-corrected chi connectivity index (χ3v) is 7.67. The number of rotatable bonds is 7. The molecule has 1 atom stereocenters. The maximum absolute atomic E-state index is 13.4. The lowest BCUT2D eigenvalue weighted by atomic mass is 9.98. The maximum atomic E-state index is 13.4. The van der Waals surface area contributed by atoms with Crippen molar-refractivity contribution in [1.29, 1.82) is 0 Å². The number of nitrogen functional groups attached to an aromatic ring is 1. The molecule has 0 radical (unpaired) electrons. The van der Waals surface area contributed by atoms with Crippen LogP contribution in [0.1, 0.15) is 26.2 Å². The fraction of sp³-hybridized carbons (Fsp3) is 0.391. The number of piperidine rings is 1. The van der Waals surface area contributed by atoms with Gasteiger partial charge in [-0.2, -0.15) is 4.72 Å². The summed E-state index contributed by atoms with van der Waals surface area (Å²) in [6.45, 7) is 3.89. The Morgan fingerprint density at radius 2 is 2.00 bits per heavy atom. The summed E-state index contributed by atoms with van der Waals surface area (Å²) in [4.78, 5) is 19.4. The van der Waals surface area contributed by atoms with Crippen LogP contribution in [0.15, 0.2) is 59.9 Å². The number of nitrogens with two attached hydrogens (primary N) is 1. The fourth-order valence-corrected chi connectivity index (χ4v) is 5.61. The van der Waals surface area contributed by atoms with Crippen molar-refractivity contribution in [1.82, 2.24) is 19.2 Å². The van der Waals surface area contributed by atoms with E-state index in [1.54, 1.807) is 41.6 Å². The molecule has 170 valence electrons. The van der Waals surface area contributed by atoms with Crippen LogP contribution in [0.5, 0.6) is 0 Å². The molecule has 3 heterocycles. The van der Waals surface area contributed by atoms with Crippen molar-refractivity contribution >= 4 is 32.5 Å². The minimum absolute atomic E-state index is 0.142. The summed E-state index contributed by atoms with van der Waals surface area (Å²) < 4.78 is 31.3. The van der Waals surface area contributed by atoms with E-state index in [-0.39, 0.29) is 10.8 Å². The quantitative estimate of drug-likeness (QED) is 0.569. The summed E-state index contributed by atoms with van der Waals surface area (Å²) in [6, 6.07) is 9.44. The number of nitrogens with zero attached hydrogens (tertiary/aromatic N) is 3. The molecule has 1 aliphatic heterocycles. The number of sulfonamides is 1. The van der Waals surface area contributed by atoms with Gasteiger partial charge in [0.2, 0.25) is 15.9 Å². The minimum atomic E-state index is -3.95. The van der Waals surface area contributed by atoms with E-state index in [1.165, 1.54) is 0 Å². The summed E-state index contributed by atoms with van der Waals surface area (Å²) in [6.07, 6.45) is 7.16. The number of pyridine rings is 1. The van der Waals surface area contributed by atoms with Crippen molar-refractivity contribution in [2.24, 2.45) is 5.92 Å². The molecule has 1 unspecified atom stereocenters. The Morgan fingerprint density at radius 1 is 1.22 bits per heavy atom. The monoisotopic (exact) mass is 455 g/mol. The van der Waals surface area contributed by atoms with Gasteiger partial charge in [-0.25, -0.2) is 8.42 Å². The molecule has 1 amide bonds. The molecule has 1 aliphatic rings. The van der Waals surface area contributed by atoms with Crippen LogP contribution in [0.25, 0.3) is 10.8 Å². The summed E-state index contributed by atoms with van der Waals surface area (Å²) in [7, 11) is -3.95. The fourth-order valence-electron chi connectivity index (χ4n) is 4.16. The molecule has 3 N–H and O–H groups in total. The van der Waals surface area contributed by atoms with Crippen molar-refractivity contribution in [3.05, 3.63) is 55.0 Å². The number of aryl methyl sites for hydroxylation is 1. The van der Waals surface area contributed by atoms with Crippen LogP contribution < -0.4 is 10.5 Å². The number of hydrogen-bond acceptors (Lipinski definition) is 5. The number of likely N-dealkylation sites (tertiary alicyclic amines) is 1. The van der Waals surface area contributed by atoms with Gasteiger partial charge in [0.05, 0.1) is 4.90 Å². The van der Waals surface area contributed by atoms with Crippen molar-refractivity contribution < 1.29 is 13.2 Å². The molecular formula is C23H29N5O3S. The first kappa shape index (κ1) is 22.3. The van der Waals surface area contributed by atoms with Crippen molar-refractivity contribution in [3.63, 3.8) is 0 Å². The van der Waals surface area contributed by atoms with Crippen LogP contribution in [-0.4, -0.2) is 47.9 Å². The highest BCUT2D eigenvalue weighted by Crippen LogP contribution is 2.23. The van der Waals surface area contributed by atoms with E-state index in [0.717, 1.165) is 18.2 Å². The molecule has 32 heavy (non-hydrogen) atoms. The van der Waals surface area contributed by atoms with Crippen LogP contribution in [0.2, 0.25) is 0 Å². The first-order chi connectivity index (χ1) is 15.3. The van der Waals surface area contributed by atoms with Gasteiger partial charge in [-0.05, 0) is 49.4 Å². The molecule has 0 aliphatic carbocycles. The van der Waals surface area contributed by atoms with Gasteiger partial charge < -0.3 is 15.2 Å². The predicted molar refractivity (Wildman–Crippen MR) is 124 cm³/mol. The SMILES string of the molecule is CC1CCN(C(=O)C(CCn2cccc2N)NS(=O)(=O)c2cccc3cnccc23)CC1. The number of hydrogen-bond donors (Lipinski definition) is 2. The number of fused-ring (bicyclic) bond motifs is 1. The highest BCUT2D eigenvalue weighted by molar-refractivity contribution is 7.89. The van der Waals surface area contributed by atoms with Crippen LogP contribution in [-0.2, 0) is 21.4 Å². The van der Waals surface area contributed by atoms with Gasteiger partial charge in [0.15, 0.2) is 0 Å². The molecular weight excluding hydrogens is 426 g/mol. The molecule has 1 saturated heterocycles. The summed E-state index contributed by atoms with van der Waals surface area (Å²) in [5.41, 5.74) is 5.96. The van der Waals surface area contributed by atoms with E-state index in [9.17, 15) is 13.2 Å². The largest absolute Gasteiger partial charge is 0.385 e. The lowest BCUT2D eigenvalue weighted by Gasteiger charge is -2.33. The molecule has 0 spiro atoms. The lowest BCUT2D eigenvalue weighted by Crippen LogP contribution is -2.50. The molecule has 0 bridgehead atoms. The first-order valence-electron chi connectivity index (χ1n) is 10.9. The summed E-state index contributed by atoms with van der Waals surface area (Å²) in [5.74, 6) is 0.957. The zero-order valence-electron chi connectivity index (χ0n) is 18.1. The van der Waals surface area contributed by atoms with Gasteiger partial charge in [0, 0.05) is 49.0 Å². The average molecular weight is 456 g/mol. The Morgan fingerprint density at radius 3 is 2.72 bits per heavy atom. The first-order valence-corrected chi connectivity index (χ1v) is 12.4. The molecule has 9 heteroatoms. The molecule has 3 aromatic rings. The number of carbonyl (C=O) groups excluding carboxylic acids is 1. The number of carbonyl (C=O) groups is 1. The van der Waals surface area contributed by atoms with Crippen LogP contribution in [0.4, 0.5) is 5.82 Å². The highest BCUT2D eigenvalue weighted by Gasteiger charge is 2.31. The number of benzene rings is 1. The normalized spacial score (nSPS) is 16.3. The zero-order chi connectivity index (χ0) is 22.7. The molecule has 1 aromatic carbocycles. The average Bonchev–Trinajstić information content (AvgIpc) is 3.21. The second-order valence-electron chi connectivity index (χ2n) is 8.45. The minimum Gasteiger partial charge on any atom is -0.385 e. The van der Waals surface area contributed by atoms with E-state index >= 15 is 0 Å². The van der Waals surface area contributed by atoms with Gasteiger partial charge in [0.25, 0.3) is 0 Å². The molecule has 8 nitrogen and oxygen atoms in total. The smallest absolute Gasteiger partial charge is 0.241 e. The highest BCUT2D eigenvalue weighted by atomic mass is 32.2. The Kier molecular flexibility index (Phi) is 6.48. The third kappa shape index (κ3) is 4.78. The second-order valence-corrected chi connectivity index (χ2v) is 10.1. The Bertz CT molecular complexity index is 1190. The second kappa shape index (κ2) is 9.30. The van der Waals surface area contributed by atoms with E-state index in [2.05, 4.69) is 16.6 Å². The molecule has 0 saturated carbocycles. The Labute approximate surface area is 188 Å². The van der Waals surface area contributed by atoms with Crippen molar-refractivity contribution in [3.8, 4) is 0 Å². The Balaban J connectivity index is 1.61. The van der Waals surface area contributed by atoms with Gasteiger partial charge >= 0.3 is 0 Å². The summed E-state index contributed by atoms with van der Waals surface area (Å²) >= 11 is 0. The number of amides is 1. The lowest BCUT2D eigenvalue weighted by molar-refractivity contribution is -0.134. The van der Waals surface area contributed by atoms with Crippen LogP contribution in [0.3, 0.4) is 0 Å². The van der Waals surface area contributed by atoms with Crippen molar-refractivity contribution in [2.45, 2.75) is 43.7 Å². The van der Waals surface area contributed by atoms with E-state index < -0.39 is 16.1 Å². The van der Waals surface area contributed by atoms with Gasteiger partial charge in [-0.15, -0.1) is 0 Å². The Hall–Kier alpha value is -2.91. The zero-order valence-corrected chi connectivity index (χ0v) is 19.0. The number of anilines is 1. The van der Waals surface area contributed by atoms with Crippen LogP contribution >= 0.6 is 0 Å². The third-order valence-electron chi connectivity index (χ3n) is 6.14. The van der Waals surface area contributed by atoms with Gasteiger partial charge in [0.1, 0.15) is 11.9 Å². The van der Waals surface area contributed by atoms with Crippen molar-refractivity contribution in [2.75, 3.05) is 18.8 Å². The van der Waals surface area contributed by atoms with Gasteiger partial charge in [-0.1, -0.05) is 19.1 Å². The van der Waals surface area contributed by atoms with E-state index in [4.69, 9.17) is 5.73 Å². The summed E-state index contributed by atoms with van der Waals surface area (Å²) in [5, 5.41) is 1.30. The number of nitrogens with one attached hydrogen (secondary N) is 1. The maximum Gasteiger partial charge on any atom is 0.241 e. The van der Waals surface area contributed by atoms with E-state index in [0.29, 0.717) is 43.2 Å². The predicted octanol–water partition coefficient (Wildman–Crippen LogP) is 2.61. The topological polar surface area (TPSA) is 110 Å². The molecule has 4 rings (SSSR count).